The van der Waals surface area contributed by atoms with Gasteiger partial charge in [-0.25, -0.2) is 12.8 Å². The number of benzene rings is 1. The maximum absolute atomic E-state index is 13.4. The Kier molecular flexibility index (Phi) is 7.48. The molecule has 0 spiro atoms. The normalized spacial score (nSPS) is 25.1. The molecular weight excluding hydrogens is 516 g/mol. The van der Waals surface area contributed by atoms with Crippen molar-refractivity contribution in [2.45, 2.75) is 60.6 Å². The molecule has 1 aromatic heterocycles. The number of aromatic nitrogens is 2. The fourth-order valence-electron chi connectivity index (χ4n) is 5.22. The standard InChI is InChI=1S/C23H26F4N6O3S/c24-11-17-2-1-9-32(17)16-5-8-20(14(10-16)12-28)33-13-19(21(29)34)22(31-33)30-15-3-6-18(7-4-15)37(35,36)23(25,26)27/h3-4,6-7,13-14,16-17,20H,1-2,5,8-11H2,(H2,29,34)(H,30,31)/t14-,16?,17-,20+/m1/s1. The maximum Gasteiger partial charge on any atom is 0.501 e. The molecule has 1 saturated heterocycles. The lowest BCUT2D eigenvalue weighted by molar-refractivity contribution is -0.0436. The van der Waals surface area contributed by atoms with Crippen molar-refractivity contribution in [3.63, 3.8) is 0 Å². The Balaban J connectivity index is 1.54. The van der Waals surface area contributed by atoms with Crippen molar-refractivity contribution >= 4 is 27.2 Å². The van der Waals surface area contributed by atoms with Crippen molar-refractivity contribution in [1.82, 2.24) is 14.7 Å². The van der Waals surface area contributed by atoms with E-state index in [1.165, 1.54) is 10.9 Å². The van der Waals surface area contributed by atoms with Crippen molar-refractivity contribution < 1.29 is 30.8 Å². The van der Waals surface area contributed by atoms with Gasteiger partial charge in [0.05, 0.1) is 22.9 Å². The third kappa shape index (κ3) is 5.28. The number of primary amides is 1. The molecule has 1 aromatic carbocycles. The Morgan fingerprint density at radius 3 is 2.51 bits per heavy atom. The number of carbonyl (C=O) groups excluding carboxylic acids is 1. The van der Waals surface area contributed by atoms with Crippen LogP contribution in [0, 0.1) is 17.2 Å². The van der Waals surface area contributed by atoms with Crippen LogP contribution in [0.4, 0.5) is 29.1 Å². The van der Waals surface area contributed by atoms with Crippen LogP contribution in [0.3, 0.4) is 0 Å². The number of rotatable bonds is 7. The highest BCUT2D eigenvalue weighted by atomic mass is 32.2. The molecule has 4 atom stereocenters. The summed E-state index contributed by atoms with van der Waals surface area (Å²) in [7, 11) is -5.50. The molecule has 37 heavy (non-hydrogen) atoms. The molecule has 2 heterocycles. The number of halogens is 4. The molecule has 1 unspecified atom stereocenters. The van der Waals surface area contributed by atoms with E-state index in [1.54, 1.807) is 0 Å². The average molecular weight is 543 g/mol. The lowest BCUT2D eigenvalue weighted by atomic mass is 9.81. The molecule has 1 amide bonds. The summed E-state index contributed by atoms with van der Waals surface area (Å²) in [6.45, 7) is 0.378. The van der Waals surface area contributed by atoms with Gasteiger partial charge in [-0.2, -0.15) is 23.5 Å². The number of amides is 1. The van der Waals surface area contributed by atoms with E-state index >= 15 is 0 Å². The predicted octanol–water partition coefficient (Wildman–Crippen LogP) is 3.69. The highest BCUT2D eigenvalue weighted by Crippen LogP contribution is 2.39. The molecule has 2 aromatic rings. The number of nitrogens with one attached hydrogen (secondary N) is 1. The van der Waals surface area contributed by atoms with E-state index in [1.807, 2.05) is 0 Å². The Bertz CT molecular complexity index is 1290. The quantitative estimate of drug-likeness (QED) is 0.510. The Morgan fingerprint density at radius 2 is 1.92 bits per heavy atom. The molecular formula is C23H26F4N6O3S. The van der Waals surface area contributed by atoms with Gasteiger partial charge >= 0.3 is 5.51 Å². The number of nitriles is 1. The van der Waals surface area contributed by atoms with Gasteiger partial charge in [0.2, 0.25) is 0 Å². The van der Waals surface area contributed by atoms with Crippen LogP contribution < -0.4 is 11.1 Å². The lowest BCUT2D eigenvalue weighted by Crippen LogP contribution is -2.44. The van der Waals surface area contributed by atoms with E-state index in [2.05, 4.69) is 21.4 Å². The Morgan fingerprint density at radius 1 is 1.22 bits per heavy atom. The largest absolute Gasteiger partial charge is 0.501 e. The Hall–Kier alpha value is -3.18. The average Bonchev–Trinajstić information content (AvgIpc) is 3.50. The van der Waals surface area contributed by atoms with E-state index in [-0.39, 0.29) is 35.2 Å². The maximum atomic E-state index is 13.4. The molecule has 0 bridgehead atoms. The van der Waals surface area contributed by atoms with Gasteiger partial charge < -0.3 is 11.1 Å². The first-order chi connectivity index (χ1) is 17.5. The first-order valence-electron chi connectivity index (χ1n) is 11.7. The smallest absolute Gasteiger partial charge is 0.365 e. The van der Waals surface area contributed by atoms with E-state index < -0.39 is 38.7 Å². The zero-order valence-electron chi connectivity index (χ0n) is 19.7. The summed E-state index contributed by atoms with van der Waals surface area (Å²) in [4.78, 5) is 13.3. The first-order valence-corrected chi connectivity index (χ1v) is 13.2. The van der Waals surface area contributed by atoms with Crippen molar-refractivity contribution in [2.24, 2.45) is 11.7 Å². The summed E-state index contributed by atoms with van der Waals surface area (Å²) >= 11 is 0. The molecule has 4 rings (SSSR count). The predicted molar refractivity (Wildman–Crippen MR) is 125 cm³/mol. The second kappa shape index (κ2) is 10.3. The van der Waals surface area contributed by atoms with Crippen LogP contribution in [0.15, 0.2) is 35.4 Å². The van der Waals surface area contributed by atoms with E-state index in [0.29, 0.717) is 12.8 Å². The van der Waals surface area contributed by atoms with Crippen LogP contribution in [-0.4, -0.2) is 59.8 Å². The minimum atomic E-state index is -5.50. The van der Waals surface area contributed by atoms with Crippen LogP contribution in [-0.2, 0) is 9.84 Å². The van der Waals surface area contributed by atoms with Gasteiger partial charge in [-0.1, -0.05) is 0 Å². The third-order valence-corrected chi connectivity index (χ3v) is 8.59. The van der Waals surface area contributed by atoms with Gasteiger partial charge in [-0.3, -0.25) is 14.4 Å². The van der Waals surface area contributed by atoms with Crippen LogP contribution >= 0.6 is 0 Å². The molecule has 14 heteroatoms. The number of sulfone groups is 1. The molecule has 1 saturated carbocycles. The Labute approximate surface area is 211 Å². The second-order valence-electron chi connectivity index (χ2n) is 9.29. The van der Waals surface area contributed by atoms with Gasteiger partial charge in [-0.15, -0.1) is 0 Å². The first kappa shape index (κ1) is 26.9. The topological polar surface area (TPSA) is 134 Å². The summed E-state index contributed by atoms with van der Waals surface area (Å²) in [6, 6.07) is 5.73. The number of likely N-dealkylation sites (tertiary alicyclic amines) is 1. The minimum Gasteiger partial charge on any atom is -0.365 e. The molecule has 2 aliphatic rings. The fourth-order valence-corrected chi connectivity index (χ4v) is 5.98. The van der Waals surface area contributed by atoms with Crippen molar-refractivity contribution in [1.29, 1.82) is 5.26 Å². The van der Waals surface area contributed by atoms with Crippen LogP contribution in [0.5, 0.6) is 0 Å². The van der Waals surface area contributed by atoms with Crippen LogP contribution in [0.1, 0.15) is 48.5 Å². The van der Waals surface area contributed by atoms with Gasteiger partial charge in [0.25, 0.3) is 15.7 Å². The molecule has 0 radical (unpaired) electrons. The number of alkyl halides is 4. The van der Waals surface area contributed by atoms with Crippen LogP contribution in [0.2, 0.25) is 0 Å². The summed E-state index contributed by atoms with van der Waals surface area (Å²) in [5, 5.41) is 17.0. The number of nitrogens with two attached hydrogens (primary N) is 1. The van der Waals surface area contributed by atoms with Crippen molar-refractivity contribution in [3.8, 4) is 6.07 Å². The van der Waals surface area contributed by atoms with Gasteiger partial charge in [0, 0.05) is 24.0 Å². The molecule has 200 valence electrons. The molecule has 1 aliphatic heterocycles. The van der Waals surface area contributed by atoms with Crippen molar-refractivity contribution in [3.05, 3.63) is 36.0 Å². The van der Waals surface area contributed by atoms with Gasteiger partial charge in [-0.05, 0) is 62.9 Å². The minimum absolute atomic E-state index is 0.00263. The van der Waals surface area contributed by atoms with E-state index in [4.69, 9.17) is 5.73 Å². The van der Waals surface area contributed by atoms with Gasteiger partial charge in [0.1, 0.15) is 12.2 Å². The molecule has 9 nitrogen and oxygen atoms in total. The summed E-state index contributed by atoms with van der Waals surface area (Å²) in [5.41, 5.74) is 0.250. The number of anilines is 2. The zero-order chi connectivity index (χ0) is 27.0. The van der Waals surface area contributed by atoms with Gasteiger partial charge in [0.15, 0.2) is 5.82 Å². The monoisotopic (exact) mass is 542 g/mol. The van der Waals surface area contributed by atoms with Crippen molar-refractivity contribution in [2.75, 3.05) is 18.5 Å². The zero-order valence-corrected chi connectivity index (χ0v) is 20.5. The number of carbonyl (C=O) groups is 1. The summed E-state index contributed by atoms with van der Waals surface area (Å²) in [5.74, 6) is -1.23. The highest BCUT2D eigenvalue weighted by Gasteiger charge is 2.46. The number of hydrogen-bond donors (Lipinski definition) is 2. The molecule has 2 fully saturated rings. The fraction of sp³-hybridized carbons (Fsp3) is 0.522. The molecule has 3 N–H and O–H groups in total. The highest BCUT2D eigenvalue weighted by molar-refractivity contribution is 7.92. The third-order valence-electron chi connectivity index (χ3n) is 7.09. The second-order valence-corrected chi connectivity index (χ2v) is 11.2. The van der Waals surface area contributed by atoms with E-state index in [0.717, 1.165) is 50.1 Å². The summed E-state index contributed by atoms with van der Waals surface area (Å²) in [6.07, 6.45) is 4.96. The number of hydrogen-bond acceptors (Lipinski definition) is 7. The lowest BCUT2D eigenvalue weighted by Gasteiger charge is -2.39. The van der Waals surface area contributed by atoms with E-state index in [9.17, 15) is 36.0 Å². The molecule has 1 aliphatic carbocycles. The number of nitrogens with zero attached hydrogens (tertiary/aromatic N) is 4. The van der Waals surface area contributed by atoms with Crippen LogP contribution in [0.25, 0.3) is 0 Å². The summed E-state index contributed by atoms with van der Waals surface area (Å²) < 4.78 is 76.4. The SMILES string of the molecule is N#C[C@H]1CC(N2CCC[C@@H]2CF)CC[C@@H]1n1cc(C(N)=O)c(Nc2ccc(S(=O)(=O)C(F)(F)F)cc2)n1.